The van der Waals surface area contributed by atoms with E-state index in [0.717, 1.165) is 17.9 Å². The van der Waals surface area contributed by atoms with E-state index in [1.807, 2.05) is 18.2 Å². The lowest BCUT2D eigenvalue weighted by atomic mass is 9.93. The maximum Gasteiger partial charge on any atom is 0.0408 e. The monoisotopic (exact) mass is 212 g/mol. The first kappa shape index (κ1) is 11.5. The highest BCUT2D eigenvalue weighted by Gasteiger charge is 2.09. The summed E-state index contributed by atoms with van der Waals surface area (Å²) < 4.78 is 0. The summed E-state index contributed by atoms with van der Waals surface area (Å²) in [5.74, 6) is 0.448. The molecule has 0 saturated carbocycles. The molecule has 0 spiro atoms. The van der Waals surface area contributed by atoms with E-state index in [0.29, 0.717) is 19.0 Å². The second-order valence-corrected chi connectivity index (χ2v) is 3.84. The molecule has 0 aromatic heterocycles. The predicted molar refractivity (Wildman–Crippen MR) is 61.5 cm³/mol. The Morgan fingerprint density at radius 2 is 1.79 bits per heavy atom. The van der Waals surface area contributed by atoms with Crippen LogP contribution in [0.2, 0.25) is 5.02 Å². The highest BCUT2D eigenvalue weighted by Crippen LogP contribution is 2.24. The molecule has 0 aliphatic carbocycles. The Kier molecular flexibility index (Phi) is 4.94. The molecule has 3 heteroatoms. The van der Waals surface area contributed by atoms with Gasteiger partial charge in [0.25, 0.3) is 0 Å². The molecule has 1 rings (SSSR count). The molecule has 0 unspecified atom stereocenters. The van der Waals surface area contributed by atoms with Crippen LogP contribution in [0.4, 0.5) is 0 Å². The van der Waals surface area contributed by atoms with E-state index in [9.17, 15) is 0 Å². The largest absolute Gasteiger partial charge is 0.330 e. The lowest BCUT2D eigenvalue weighted by Gasteiger charge is -2.15. The molecule has 1 aromatic rings. The van der Waals surface area contributed by atoms with Crippen LogP contribution in [0.3, 0.4) is 0 Å². The van der Waals surface area contributed by atoms with E-state index < -0.39 is 0 Å². The average molecular weight is 213 g/mol. The first-order valence-electron chi connectivity index (χ1n) is 4.93. The smallest absolute Gasteiger partial charge is 0.0408 e. The molecular formula is C11H17ClN2. The third-order valence-electron chi connectivity index (χ3n) is 2.35. The molecule has 2 nitrogen and oxygen atoms in total. The first-order valence-corrected chi connectivity index (χ1v) is 5.31. The van der Waals surface area contributed by atoms with Gasteiger partial charge in [-0.3, -0.25) is 0 Å². The number of benzene rings is 1. The number of hydrogen-bond donors (Lipinski definition) is 2. The highest BCUT2D eigenvalue weighted by atomic mass is 35.5. The van der Waals surface area contributed by atoms with E-state index in [1.54, 1.807) is 0 Å². The van der Waals surface area contributed by atoms with Gasteiger partial charge in [0.15, 0.2) is 0 Å². The number of rotatable bonds is 5. The van der Waals surface area contributed by atoms with Crippen LogP contribution >= 0.6 is 11.6 Å². The summed E-state index contributed by atoms with van der Waals surface area (Å²) in [4.78, 5) is 0. The zero-order valence-electron chi connectivity index (χ0n) is 8.25. The standard InChI is InChI=1S/C11H17ClN2/c12-11-3-1-2-10(8-11)9(4-6-13)5-7-14/h1-3,8-9H,4-7,13-14H2. The van der Waals surface area contributed by atoms with Gasteiger partial charge in [-0.25, -0.2) is 0 Å². The van der Waals surface area contributed by atoms with Gasteiger partial charge in [0.2, 0.25) is 0 Å². The second-order valence-electron chi connectivity index (χ2n) is 3.41. The highest BCUT2D eigenvalue weighted by molar-refractivity contribution is 6.30. The lowest BCUT2D eigenvalue weighted by Crippen LogP contribution is -2.12. The minimum Gasteiger partial charge on any atom is -0.330 e. The molecule has 0 bridgehead atoms. The average Bonchev–Trinajstić information content (AvgIpc) is 2.17. The van der Waals surface area contributed by atoms with E-state index >= 15 is 0 Å². The second kappa shape index (κ2) is 6.02. The molecule has 1 aromatic carbocycles. The Bertz CT molecular complexity index is 270. The van der Waals surface area contributed by atoms with Crippen molar-refractivity contribution in [1.82, 2.24) is 0 Å². The summed E-state index contributed by atoms with van der Waals surface area (Å²) in [5, 5.41) is 0.779. The molecule has 0 aliphatic rings. The van der Waals surface area contributed by atoms with Crippen LogP contribution in [-0.2, 0) is 0 Å². The Morgan fingerprint density at radius 1 is 1.14 bits per heavy atom. The first-order chi connectivity index (χ1) is 6.77. The molecule has 0 atom stereocenters. The predicted octanol–water partition coefficient (Wildman–Crippen LogP) is 2.12. The van der Waals surface area contributed by atoms with Crippen LogP contribution in [0.5, 0.6) is 0 Å². The SMILES string of the molecule is NCCC(CCN)c1cccc(Cl)c1. The quantitative estimate of drug-likeness (QED) is 0.786. The minimum atomic E-state index is 0.448. The van der Waals surface area contributed by atoms with Crippen LogP contribution in [-0.4, -0.2) is 13.1 Å². The van der Waals surface area contributed by atoms with Crippen molar-refractivity contribution >= 4 is 11.6 Å². The van der Waals surface area contributed by atoms with Crippen molar-refractivity contribution in [2.75, 3.05) is 13.1 Å². The number of nitrogens with two attached hydrogens (primary N) is 2. The van der Waals surface area contributed by atoms with Crippen molar-refractivity contribution in [2.45, 2.75) is 18.8 Å². The fourth-order valence-corrected chi connectivity index (χ4v) is 1.84. The van der Waals surface area contributed by atoms with E-state index in [1.165, 1.54) is 5.56 Å². The van der Waals surface area contributed by atoms with Gasteiger partial charge in [-0.1, -0.05) is 23.7 Å². The summed E-state index contributed by atoms with van der Waals surface area (Å²) in [7, 11) is 0. The van der Waals surface area contributed by atoms with Gasteiger partial charge in [-0.2, -0.15) is 0 Å². The molecular weight excluding hydrogens is 196 g/mol. The van der Waals surface area contributed by atoms with Crippen LogP contribution in [0.1, 0.15) is 24.3 Å². The van der Waals surface area contributed by atoms with Crippen molar-refractivity contribution in [3.05, 3.63) is 34.9 Å². The van der Waals surface area contributed by atoms with E-state index in [-0.39, 0.29) is 0 Å². The third kappa shape index (κ3) is 3.29. The summed E-state index contributed by atoms with van der Waals surface area (Å²) in [6.07, 6.45) is 1.94. The van der Waals surface area contributed by atoms with E-state index in [4.69, 9.17) is 23.1 Å². The van der Waals surface area contributed by atoms with Gasteiger partial charge in [0.1, 0.15) is 0 Å². The fraction of sp³-hybridized carbons (Fsp3) is 0.455. The molecule has 0 aliphatic heterocycles. The topological polar surface area (TPSA) is 52.0 Å². The molecule has 0 amide bonds. The minimum absolute atomic E-state index is 0.448. The zero-order valence-corrected chi connectivity index (χ0v) is 9.00. The number of hydrogen-bond acceptors (Lipinski definition) is 2. The third-order valence-corrected chi connectivity index (χ3v) is 2.59. The van der Waals surface area contributed by atoms with E-state index in [2.05, 4.69) is 6.07 Å². The summed E-state index contributed by atoms with van der Waals surface area (Å²) in [6.45, 7) is 1.38. The van der Waals surface area contributed by atoms with Gasteiger partial charge in [0, 0.05) is 5.02 Å². The Morgan fingerprint density at radius 3 is 2.29 bits per heavy atom. The molecule has 0 fully saturated rings. The molecule has 0 saturated heterocycles. The zero-order chi connectivity index (χ0) is 10.4. The maximum atomic E-state index is 5.93. The maximum absolute atomic E-state index is 5.93. The van der Waals surface area contributed by atoms with Crippen LogP contribution in [0.25, 0.3) is 0 Å². The van der Waals surface area contributed by atoms with Gasteiger partial charge in [-0.15, -0.1) is 0 Å². The van der Waals surface area contributed by atoms with Crippen molar-refractivity contribution in [1.29, 1.82) is 0 Å². The van der Waals surface area contributed by atoms with Gasteiger partial charge in [-0.05, 0) is 49.5 Å². The van der Waals surface area contributed by atoms with Crippen LogP contribution < -0.4 is 11.5 Å². The molecule has 14 heavy (non-hydrogen) atoms. The van der Waals surface area contributed by atoms with Crippen LogP contribution in [0, 0.1) is 0 Å². The lowest BCUT2D eigenvalue weighted by molar-refractivity contribution is 0.592. The van der Waals surface area contributed by atoms with Gasteiger partial charge < -0.3 is 11.5 Å². The number of halogens is 1. The van der Waals surface area contributed by atoms with Crippen molar-refractivity contribution in [3.63, 3.8) is 0 Å². The van der Waals surface area contributed by atoms with Crippen molar-refractivity contribution < 1.29 is 0 Å². The van der Waals surface area contributed by atoms with Gasteiger partial charge >= 0.3 is 0 Å². The fourth-order valence-electron chi connectivity index (χ4n) is 1.64. The molecule has 4 N–H and O–H groups in total. The summed E-state index contributed by atoms with van der Waals surface area (Å²) >= 11 is 5.93. The molecule has 0 radical (unpaired) electrons. The summed E-state index contributed by atoms with van der Waals surface area (Å²) in [5.41, 5.74) is 12.4. The molecule has 78 valence electrons. The van der Waals surface area contributed by atoms with Gasteiger partial charge in [0.05, 0.1) is 0 Å². The normalized spacial score (nSPS) is 10.9. The molecule has 0 heterocycles. The van der Waals surface area contributed by atoms with Crippen LogP contribution in [0.15, 0.2) is 24.3 Å². The summed E-state index contributed by atoms with van der Waals surface area (Å²) in [6, 6.07) is 7.93. The van der Waals surface area contributed by atoms with Crippen molar-refractivity contribution in [3.8, 4) is 0 Å². The Labute approximate surface area is 90.2 Å². The Hall–Kier alpha value is -0.570. The Balaban J connectivity index is 2.75. The van der Waals surface area contributed by atoms with Crippen molar-refractivity contribution in [2.24, 2.45) is 11.5 Å².